The van der Waals surface area contributed by atoms with Crippen LogP contribution in [0.3, 0.4) is 0 Å². The molecule has 1 aliphatic rings. The Morgan fingerprint density at radius 1 is 1.00 bits per heavy atom. The summed E-state index contributed by atoms with van der Waals surface area (Å²) in [4.78, 5) is 26.4. The molecule has 3 aromatic rings. The number of rotatable bonds is 5. The van der Waals surface area contributed by atoms with Gasteiger partial charge in [0.15, 0.2) is 5.82 Å². The number of nitro benzene ring substituents is 1. The van der Waals surface area contributed by atoms with Crippen LogP contribution >= 0.6 is 0 Å². The van der Waals surface area contributed by atoms with E-state index in [-0.39, 0.29) is 11.6 Å². The maximum Gasteiger partial charge on any atom is 0.269 e. The Kier molecular flexibility index (Phi) is 5.85. The number of non-ortho nitro benzene ring substituents is 1. The maximum atomic E-state index is 12.3. The van der Waals surface area contributed by atoms with E-state index in [1.54, 1.807) is 12.1 Å². The Hall–Kier alpha value is -3.85. The quantitative estimate of drug-likeness (QED) is 0.481. The van der Waals surface area contributed by atoms with Crippen molar-refractivity contribution in [1.29, 1.82) is 0 Å². The number of nitrogens with one attached hydrogen (secondary N) is 2. The van der Waals surface area contributed by atoms with E-state index in [9.17, 15) is 14.9 Å². The molecule has 0 spiro atoms. The molecular weight excluding hydrogens is 396 g/mol. The van der Waals surface area contributed by atoms with Gasteiger partial charge in [-0.1, -0.05) is 12.1 Å². The van der Waals surface area contributed by atoms with Crippen molar-refractivity contribution < 1.29 is 14.6 Å². The third-order valence-corrected chi connectivity index (χ3v) is 5.37. The molecule has 0 radical (unpaired) electrons. The lowest BCUT2D eigenvalue weighted by Crippen LogP contribution is -3.12. The number of nitro groups is 1. The lowest BCUT2D eigenvalue weighted by molar-refractivity contribution is -0.880. The smallest absolute Gasteiger partial charge is 0.269 e. The number of piperazine rings is 1. The molecule has 1 aliphatic heterocycles. The second kappa shape index (κ2) is 8.88. The van der Waals surface area contributed by atoms with Crippen LogP contribution in [0.1, 0.15) is 10.4 Å². The molecule has 0 atom stereocenters. The second-order valence-electron chi connectivity index (χ2n) is 7.56. The fourth-order valence-electron chi connectivity index (χ4n) is 3.43. The van der Waals surface area contributed by atoms with Crippen LogP contribution in [-0.4, -0.2) is 54.3 Å². The minimum atomic E-state index is -0.498. The van der Waals surface area contributed by atoms with Gasteiger partial charge in [-0.3, -0.25) is 14.9 Å². The molecule has 1 amide bonds. The van der Waals surface area contributed by atoms with Crippen molar-refractivity contribution in [2.24, 2.45) is 0 Å². The monoisotopic (exact) mass is 419 g/mol. The molecule has 2 N–H and O–H groups in total. The molecule has 1 saturated heterocycles. The number of nitrogens with zero attached hydrogens (tertiary/aromatic N) is 4. The van der Waals surface area contributed by atoms with Gasteiger partial charge in [-0.25, -0.2) is 0 Å². The molecule has 2 aromatic carbocycles. The molecule has 4 rings (SSSR count). The van der Waals surface area contributed by atoms with Gasteiger partial charge in [0.05, 0.1) is 43.8 Å². The van der Waals surface area contributed by atoms with Gasteiger partial charge in [0.25, 0.3) is 11.6 Å². The Morgan fingerprint density at radius 3 is 2.26 bits per heavy atom. The first-order chi connectivity index (χ1) is 15.0. The summed E-state index contributed by atoms with van der Waals surface area (Å²) in [5, 5.41) is 22.3. The summed E-state index contributed by atoms with van der Waals surface area (Å²) in [5.74, 6) is 0.559. The van der Waals surface area contributed by atoms with Crippen molar-refractivity contribution >= 4 is 23.1 Å². The molecule has 31 heavy (non-hydrogen) atoms. The fourth-order valence-corrected chi connectivity index (χ4v) is 3.43. The normalized spacial score (nSPS) is 14.3. The van der Waals surface area contributed by atoms with Gasteiger partial charge in [0.2, 0.25) is 0 Å². The molecule has 1 aromatic heterocycles. The van der Waals surface area contributed by atoms with Gasteiger partial charge in [0, 0.05) is 28.9 Å². The highest BCUT2D eigenvalue weighted by Crippen LogP contribution is 2.21. The van der Waals surface area contributed by atoms with Crippen LogP contribution in [0.4, 0.5) is 17.2 Å². The predicted molar refractivity (Wildman–Crippen MR) is 117 cm³/mol. The molecule has 2 heterocycles. The topological polar surface area (TPSA) is 106 Å². The lowest BCUT2D eigenvalue weighted by Gasteiger charge is -2.30. The second-order valence-corrected chi connectivity index (χ2v) is 7.56. The predicted octanol–water partition coefficient (Wildman–Crippen LogP) is 1.64. The van der Waals surface area contributed by atoms with Gasteiger partial charge >= 0.3 is 0 Å². The van der Waals surface area contributed by atoms with E-state index >= 15 is 0 Å². The molecule has 0 aliphatic carbocycles. The Bertz CT molecular complexity index is 1060. The first kappa shape index (κ1) is 20.4. The molecule has 158 valence electrons. The van der Waals surface area contributed by atoms with Crippen LogP contribution in [0.25, 0.3) is 11.3 Å². The average Bonchev–Trinajstić information content (AvgIpc) is 2.80. The van der Waals surface area contributed by atoms with E-state index in [0.717, 1.165) is 43.3 Å². The number of anilines is 2. The summed E-state index contributed by atoms with van der Waals surface area (Å²) in [7, 11) is 2.20. The maximum absolute atomic E-state index is 12.3. The average molecular weight is 419 g/mol. The largest absolute Gasteiger partial charge is 0.344 e. The van der Waals surface area contributed by atoms with E-state index in [4.69, 9.17) is 0 Å². The Labute approximate surface area is 179 Å². The summed E-state index contributed by atoms with van der Waals surface area (Å²) in [6, 6.07) is 16.7. The fraction of sp³-hybridized carbons (Fsp3) is 0.227. The number of carbonyl (C=O) groups is 1. The Balaban J connectivity index is 1.39. The van der Waals surface area contributed by atoms with Gasteiger partial charge in [-0.05, 0) is 36.4 Å². The number of quaternary nitrogens is 1. The number of likely N-dealkylation sites (N-methyl/N-ethyl adjacent to an activating group) is 1. The molecule has 9 heteroatoms. The van der Waals surface area contributed by atoms with E-state index in [1.807, 2.05) is 24.3 Å². The van der Waals surface area contributed by atoms with Crippen LogP contribution in [0.2, 0.25) is 0 Å². The third-order valence-electron chi connectivity index (χ3n) is 5.37. The van der Waals surface area contributed by atoms with Crippen molar-refractivity contribution in [1.82, 2.24) is 10.2 Å². The van der Waals surface area contributed by atoms with Crippen LogP contribution in [0, 0.1) is 10.1 Å². The summed E-state index contributed by atoms with van der Waals surface area (Å²) in [6.45, 7) is 4.14. The summed E-state index contributed by atoms with van der Waals surface area (Å²) in [5.41, 5.74) is 2.58. The van der Waals surface area contributed by atoms with Crippen LogP contribution in [0.15, 0.2) is 60.7 Å². The van der Waals surface area contributed by atoms with Crippen LogP contribution < -0.4 is 15.1 Å². The minimum Gasteiger partial charge on any atom is -0.344 e. The highest BCUT2D eigenvalue weighted by molar-refractivity contribution is 6.04. The summed E-state index contributed by atoms with van der Waals surface area (Å²) >= 11 is 0. The SMILES string of the molecule is C[NH+]1CCN(c2ccc(-c3ccc(NC(=O)c4ccc([N+](=O)[O-])cc4)cc3)nn2)CC1. The van der Waals surface area contributed by atoms with Gasteiger partial charge < -0.3 is 15.1 Å². The zero-order valence-electron chi connectivity index (χ0n) is 17.1. The highest BCUT2D eigenvalue weighted by atomic mass is 16.6. The van der Waals surface area contributed by atoms with Crippen molar-refractivity contribution in [3.8, 4) is 11.3 Å². The summed E-state index contributed by atoms with van der Waals surface area (Å²) < 4.78 is 0. The lowest BCUT2D eigenvalue weighted by atomic mass is 10.1. The van der Waals surface area contributed by atoms with Crippen LogP contribution in [0.5, 0.6) is 0 Å². The zero-order valence-corrected chi connectivity index (χ0v) is 17.1. The van der Waals surface area contributed by atoms with Crippen molar-refractivity contribution in [3.05, 3.63) is 76.3 Å². The molecule has 1 fully saturated rings. The number of hydrogen-bond donors (Lipinski definition) is 2. The standard InChI is InChI=1S/C22H22N6O3/c1-26-12-14-27(15-13-26)21-11-10-20(24-25-21)16-2-6-18(7-3-16)23-22(29)17-4-8-19(9-5-17)28(30)31/h2-11H,12-15H2,1H3,(H,23,29)/p+1. The third kappa shape index (κ3) is 4.84. The molecule has 0 unspecified atom stereocenters. The van der Waals surface area contributed by atoms with E-state index in [1.165, 1.54) is 29.2 Å². The molecule has 0 bridgehead atoms. The van der Waals surface area contributed by atoms with Gasteiger partial charge in [-0.2, -0.15) is 0 Å². The Morgan fingerprint density at radius 2 is 1.68 bits per heavy atom. The zero-order chi connectivity index (χ0) is 21.8. The summed E-state index contributed by atoms with van der Waals surface area (Å²) in [6.07, 6.45) is 0. The van der Waals surface area contributed by atoms with E-state index < -0.39 is 4.92 Å². The minimum absolute atomic E-state index is 0.0539. The number of amides is 1. The van der Waals surface area contributed by atoms with Crippen molar-refractivity contribution in [2.75, 3.05) is 43.4 Å². The molecular formula is C22H23N6O3+. The highest BCUT2D eigenvalue weighted by Gasteiger charge is 2.18. The van der Waals surface area contributed by atoms with E-state index in [2.05, 4.69) is 27.5 Å². The van der Waals surface area contributed by atoms with E-state index in [0.29, 0.717) is 11.3 Å². The van der Waals surface area contributed by atoms with Gasteiger partial charge in [0.1, 0.15) is 0 Å². The number of benzene rings is 2. The van der Waals surface area contributed by atoms with Crippen molar-refractivity contribution in [3.63, 3.8) is 0 Å². The first-order valence-corrected chi connectivity index (χ1v) is 10.1. The molecule has 0 saturated carbocycles. The van der Waals surface area contributed by atoms with Crippen LogP contribution in [-0.2, 0) is 0 Å². The van der Waals surface area contributed by atoms with Crippen molar-refractivity contribution in [2.45, 2.75) is 0 Å². The number of hydrogen-bond acceptors (Lipinski definition) is 6. The number of carbonyl (C=O) groups excluding carboxylic acids is 1. The number of aromatic nitrogens is 2. The van der Waals surface area contributed by atoms with Gasteiger partial charge in [-0.15, -0.1) is 10.2 Å². The molecule has 9 nitrogen and oxygen atoms in total. The first-order valence-electron chi connectivity index (χ1n) is 10.1.